The number of rotatable bonds is 5. The average molecular weight is 319 g/mol. The molecule has 23 heavy (non-hydrogen) atoms. The van der Waals surface area contributed by atoms with Crippen LogP contribution in [0.4, 0.5) is 10.5 Å². The van der Waals surface area contributed by atoms with E-state index in [1.165, 1.54) is 5.56 Å². The smallest absolute Gasteiger partial charge is 0.321 e. The third-order valence-electron chi connectivity index (χ3n) is 4.60. The van der Waals surface area contributed by atoms with Crippen LogP contribution in [0.5, 0.6) is 0 Å². The minimum atomic E-state index is -0.0393. The third kappa shape index (κ3) is 4.69. The molecule has 5 heteroatoms. The summed E-state index contributed by atoms with van der Waals surface area (Å²) in [5, 5.41) is 12.4. The SMILES string of the molecule is CCC(CO)N1CCN(C(=O)Nc2cccc(C(C)C)c2)CC1. The summed E-state index contributed by atoms with van der Waals surface area (Å²) in [5.41, 5.74) is 2.08. The Bertz CT molecular complexity index is 507. The summed E-state index contributed by atoms with van der Waals surface area (Å²) in [7, 11) is 0. The van der Waals surface area contributed by atoms with Crippen LogP contribution in [0.2, 0.25) is 0 Å². The highest BCUT2D eigenvalue weighted by Gasteiger charge is 2.24. The summed E-state index contributed by atoms with van der Waals surface area (Å²) in [6.45, 7) is 9.60. The Morgan fingerprint density at radius 3 is 2.52 bits per heavy atom. The highest BCUT2D eigenvalue weighted by molar-refractivity contribution is 5.89. The van der Waals surface area contributed by atoms with Crippen LogP contribution in [0, 0.1) is 0 Å². The van der Waals surface area contributed by atoms with Crippen LogP contribution in [0.15, 0.2) is 24.3 Å². The van der Waals surface area contributed by atoms with Gasteiger partial charge in [0, 0.05) is 37.9 Å². The number of urea groups is 1. The van der Waals surface area contributed by atoms with Gasteiger partial charge in [-0.25, -0.2) is 4.79 Å². The molecule has 1 fully saturated rings. The summed E-state index contributed by atoms with van der Waals surface area (Å²) in [4.78, 5) is 16.5. The Balaban J connectivity index is 1.89. The van der Waals surface area contributed by atoms with Crippen LogP contribution in [0.25, 0.3) is 0 Å². The molecule has 0 bridgehead atoms. The lowest BCUT2D eigenvalue weighted by molar-refractivity contribution is 0.0766. The molecule has 1 unspecified atom stereocenters. The van der Waals surface area contributed by atoms with Crippen LogP contribution < -0.4 is 5.32 Å². The number of amides is 2. The summed E-state index contributed by atoms with van der Waals surface area (Å²) in [5.74, 6) is 0.444. The van der Waals surface area contributed by atoms with Crippen LogP contribution in [0.1, 0.15) is 38.7 Å². The molecule has 1 atom stereocenters. The predicted octanol–water partition coefficient (Wildman–Crippen LogP) is 2.73. The Hall–Kier alpha value is -1.59. The van der Waals surface area contributed by atoms with Crippen molar-refractivity contribution in [3.05, 3.63) is 29.8 Å². The van der Waals surface area contributed by atoms with E-state index in [-0.39, 0.29) is 18.7 Å². The number of hydrogen-bond donors (Lipinski definition) is 2. The van der Waals surface area contributed by atoms with Gasteiger partial charge in [0.25, 0.3) is 0 Å². The number of carbonyl (C=O) groups excluding carboxylic acids is 1. The maximum atomic E-state index is 12.4. The topological polar surface area (TPSA) is 55.8 Å². The highest BCUT2D eigenvalue weighted by Crippen LogP contribution is 2.19. The van der Waals surface area contributed by atoms with E-state index in [9.17, 15) is 9.90 Å². The maximum absolute atomic E-state index is 12.4. The van der Waals surface area contributed by atoms with Crippen LogP contribution >= 0.6 is 0 Å². The van der Waals surface area contributed by atoms with Gasteiger partial charge in [0.05, 0.1) is 6.61 Å². The molecule has 1 aliphatic rings. The van der Waals surface area contributed by atoms with Crippen molar-refractivity contribution in [1.29, 1.82) is 0 Å². The van der Waals surface area contributed by atoms with Gasteiger partial charge in [-0.2, -0.15) is 0 Å². The number of carbonyl (C=O) groups is 1. The predicted molar refractivity (Wildman–Crippen MR) is 93.9 cm³/mol. The van der Waals surface area contributed by atoms with Crippen molar-refractivity contribution >= 4 is 11.7 Å². The molecule has 0 aromatic heterocycles. The van der Waals surface area contributed by atoms with E-state index >= 15 is 0 Å². The zero-order valence-corrected chi connectivity index (χ0v) is 14.5. The van der Waals surface area contributed by atoms with Gasteiger partial charge in [-0.3, -0.25) is 4.90 Å². The molecule has 1 saturated heterocycles. The van der Waals surface area contributed by atoms with Crippen molar-refractivity contribution in [2.75, 3.05) is 38.1 Å². The molecule has 2 rings (SSSR count). The van der Waals surface area contributed by atoms with E-state index in [0.717, 1.165) is 25.2 Å². The number of nitrogens with one attached hydrogen (secondary N) is 1. The molecule has 2 N–H and O–H groups in total. The van der Waals surface area contributed by atoms with Crippen molar-refractivity contribution in [3.63, 3.8) is 0 Å². The Kier molecular flexibility index (Phi) is 6.42. The third-order valence-corrected chi connectivity index (χ3v) is 4.60. The molecule has 1 aromatic carbocycles. The maximum Gasteiger partial charge on any atom is 0.321 e. The van der Waals surface area contributed by atoms with Gasteiger partial charge in [-0.1, -0.05) is 32.9 Å². The number of aliphatic hydroxyl groups is 1. The molecule has 128 valence electrons. The van der Waals surface area contributed by atoms with E-state index in [1.807, 2.05) is 23.1 Å². The molecule has 0 saturated carbocycles. The van der Waals surface area contributed by atoms with E-state index in [0.29, 0.717) is 19.0 Å². The van der Waals surface area contributed by atoms with Crippen molar-refractivity contribution in [2.45, 2.75) is 39.2 Å². The van der Waals surface area contributed by atoms with Gasteiger partial charge in [-0.05, 0) is 30.0 Å². The molecule has 0 spiro atoms. The second-order valence-electron chi connectivity index (χ2n) is 6.48. The minimum Gasteiger partial charge on any atom is -0.395 e. The second kappa shape index (κ2) is 8.31. The first-order valence-electron chi connectivity index (χ1n) is 8.56. The van der Waals surface area contributed by atoms with Gasteiger partial charge >= 0.3 is 6.03 Å². The molecule has 5 nitrogen and oxygen atoms in total. The number of hydrogen-bond acceptors (Lipinski definition) is 3. The van der Waals surface area contributed by atoms with Gasteiger partial charge in [-0.15, -0.1) is 0 Å². The average Bonchev–Trinajstić information content (AvgIpc) is 2.56. The normalized spacial score (nSPS) is 17.3. The van der Waals surface area contributed by atoms with Gasteiger partial charge in [0.15, 0.2) is 0 Å². The first-order valence-corrected chi connectivity index (χ1v) is 8.56. The fourth-order valence-electron chi connectivity index (χ4n) is 2.97. The van der Waals surface area contributed by atoms with Crippen LogP contribution in [-0.4, -0.2) is 59.8 Å². The van der Waals surface area contributed by atoms with E-state index in [2.05, 4.69) is 37.1 Å². The molecule has 0 aliphatic carbocycles. The molecule has 1 heterocycles. The fourth-order valence-corrected chi connectivity index (χ4v) is 2.97. The Morgan fingerprint density at radius 2 is 1.96 bits per heavy atom. The molecule has 0 radical (unpaired) electrons. The summed E-state index contributed by atoms with van der Waals surface area (Å²) in [6, 6.07) is 8.20. The van der Waals surface area contributed by atoms with Crippen LogP contribution in [-0.2, 0) is 0 Å². The Labute approximate surface area is 139 Å². The van der Waals surface area contributed by atoms with Gasteiger partial charge in [0.1, 0.15) is 0 Å². The lowest BCUT2D eigenvalue weighted by atomic mass is 10.0. The van der Waals surface area contributed by atoms with Gasteiger partial charge < -0.3 is 15.3 Å². The standard InChI is InChI=1S/C18H29N3O2/c1-4-17(13-22)20-8-10-21(11-9-20)18(23)19-16-7-5-6-15(12-16)14(2)3/h5-7,12,14,17,22H,4,8-11,13H2,1-3H3,(H,19,23). The van der Waals surface area contributed by atoms with E-state index in [4.69, 9.17) is 0 Å². The van der Waals surface area contributed by atoms with Crippen molar-refractivity contribution in [3.8, 4) is 0 Å². The minimum absolute atomic E-state index is 0.0393. The lowest BCUT2D eigenvalue weighted by Gasteiger charge is -2.38. The molecular formula is C18H29N3O2. The Morgan fingerprint density at radius 1 is 1.26 bits per heavy atom. The van der Waals surface area contributed by atoms with E-state index < -0.39 is 0 Å². The zero-order valence-electron chi connectivity index (χ0n) is 14.5. The molecule has 1 aliphatic heterocycles. The van der Waals surface area contributed by atoms with Crippen molar-refractivity contribution in [1.82, 2.24) is 9.80 Å². The fraction of sp³-hybridized carbons (Fsp3) is 0.611. The summed E-state index contributed by atoms with van der Waals surface area (Å²) >= 11 is 0. The lowest BCUT2D eigenvalue weighted by Crippen LogP contribution is -2.53. The first kappa shape index (κ1) is 17.8. The molecule has 1 aromatic rings. The van der Waals surface area contributed by atoms with Crippen molar-refractivity contribution in [2.24, 2.45) is 0 Å². The molecule has 2 amide bonds. The monoisotopic (exact) mass is 319 g/mol. The first-order chi connectivity index (χ1) is 11.0. The summed E-state index contributed by atoms with van der Waals surface area (Å²) < 4.78 is 0. The van der Waals surface area contributed by atoms with Crippen molar-refractivity contribution < 1.29 is 9.90 Å². The molecular weight excluding hydrogens is 290 g/mol. The number of benzene rings is 1. The van der Waals surface area contributed by atoms with Gasteiger partial charge in [0.2, 0.25) is 0 Å². The zero-order chi connectivity index (χ0) is 16.8. The van der Waals surface area contributed by atoms with Crippen LogP contribution in [0.3, 0.4) is 0 Å². The van der Waals surface area contributed by atoms with E-state index in [1.54, 1.807) is 0 Å². The summed E-state index contributed by atoms with van der Waals surface area (Å²) in [6.07, 6.45) is 0.935. The largest absolute Gasteiger partial charge is 0.395 e. The highest BCUT2D eigenvalue weighted by atomic mass is 16.3. The number of anilines is 1. The quantitative estimate of drug-likeness (QED) is 0.877. The number of nitrogens with zero attached hydrogens (tertiary/aromatic N) is 2. The second-order valence-corrected chi connectivity index (χ2v) is 6.48. The number of aliphatic hydroxyl groups excluding tert-OH is 1. The number of piperazine rings is 1.